The molecule has 0 aliphatic rings. The van der Waals surface area contributed by atoms with E-state index >= 15 is 0 Å². The third-order valence-electron chi connectivity index (χ3n) is 4.58. The lowest BCUT2D eigenvalue weighted by atomic mass is 10.0. The van der Waals surface area contributed by atoms with Gasteiger partial charge in [0.15, 0.2) is 0 Å². The molecule has 0 saturated carbocycles. The molecule has 1 N–H and O–H groups in total. The molecule has 2 heterocycles. The van der Waals surface area contributed by atoms with E-state index in [4.69, 9.17) is 0 Å². The number of rotatable bonds is 5. The second-order valence-electron chi connectivity index (χ2n) is 6.83. The van der Waals surface area contributed by atoms with Crippen LogP contribution in [0.1, 0.15) is 29.9 Å². The van der Waals surface area contributed by atoms with Gasteiger partial charge in [0.2, 0.25) is 11.1 Å². The first kappa shape index (κ1) is 18.4. The molecule has 4 rings (SSSR count). The monoisotopic (exact) mass is 391 g/mol. The molecule has 2 aromatic carbocycles. The summed E-state index contributed by atoms with van der Waals surface area (Å²) in [6.45, 7) is 5.88. The molecule has 0 saturated heterocycles. The van der Waals surface area contributed by atoms with Crippen LogP contribution in [0.4, 0.5) is 0 Å². The molecule has 0 bridgehead atoms. The summed E-state index contributed by atoms with van der Waals surface area (Å²) in [7, 11) is 0. The van der Waals surface area contributed by atoms with Crippen LogP contribution >= 0.6 is 11.8 Å². The molecule has 0 radical (unpaired) electrons. The maximum absolute atomic E-state index is 12.4. The summed E-state index contributed by atoms with van der Waals surface area (Å²) in [6.07, 6.45) is 0. The van der Waals surface area contributed by atoms with E-state index < -0.39 is 0 Å². The zero-order chi connectivity index (χ0) is 19.7. The van der Waals surface area contributed by atoms with Crippen molar-refractivity contribution in [2.75, 3.05) is 5.75 Å². The minimum absolute atomic E-state index is 0.0506. The van der Waals surface area contributed by atoms with Crippen LogP contribution in [0.3, 0.4) is 0 Å². The molecule has 0 unspecified atom stereocenters. The fourth-order valence-corrected chi connectivity index (χ4v) is 3.81. The lowest BCUT2D eigenvalue weighted by molar-refractivity contribution is -0.119. The highest BCUT2D eigenvalue weighted by Gasteiger charge is 2.13. The Morgan fingerprint density at radius 2 is 1.89 bits per heavy atom. The fraction of sp³-hybridized carbons (Fsp3) is 0.238. The van der Waals surface area contributed by atoms with Gasteiger partial charge in [0, 0.05) is 11.4 Å². The van der Waals surface area contributed by atoms with Crippen molar-refractivity contribution in [2.45, 2.75) is 32.0 Å². The van der Waals surface area contributed by atoms with Crippen molar-refractivity contribution in [3.8, 4) is 0 Å². The predicted molar refractivity (Wildman–Crippen MR) is 111 cm³/mol. The third kappa shape index (κ3) is 3.84. The van der Waals surface area contributed by atoms with Gasteiger partial charge in [0.05, 0.1) is 11.8 Å². The number of aryl methyl sites for hydroxylation is 2. The zero-order valence-electron chi connectivity index (χ0n) is 16.0. The number of thioether (sulfide) groups is 1. The van der Waals surface area contributed by atoms with Crippen molar-refractivity contribution in [3.05, 3.63) is 65.5 Å². The van der Waals surface area contributed by atoms with Crippen LogP contribution in [0.2, 0.25) is 0 Å². The first-order valence-corrected chi connectivity index (χ1v) is 10.1. The van der Waals surface area contributed by atoms with Gasteiger partial charge in [-0.15, -0.1) is 5.10 Å². The largest absolute Gasteiger partial charge is 0.349 e. The van der Waals surface area contributed by atoms with E-state index in [9.17, 15) is 4.79 Å². The van der Waals surface area contributed by atoms with Crippen LogP contribution < -0.4 is 5.32 Å². The summed E-state index contributed by atoms with van der Waals surface area (Å²) in [4.78, 5) is 21.2. The molecule has 7 heteroatoms. The lowest BCUT2D eigenvalue weighted by Crippen LogP contribution is -2.28. The summed E-state index contributed by atoms with van der Waals surface area (Å²) in [5.74, 6) is 0.766. The summed E-state index contributed by atoms with van der Waals surface area (Å²) in [6, 6.07) is 16.3. The Labute approximate surface area is 167 Å². The maximum atomic E-state index is 12.4. The number of carbonyl (C=O) groups excluding carboxylic acids is 1. The van der Waals surface area contributed by atoms with Gasteiger partial charge >= 0.3 is 0 Å². The van der Waals surface area contributed by atoms with E-state index in [1.165, 1.54) is 22.5 Å². The van der Waals surface area contributed by atoms with Crippen molar-refractivity contribution < 1.29 is 4.79 Å². The molecule has 28 heavy (non-hydrogen) atoms. The van der Waals surface area contributed by atoms with E-state index in [2.05, 4.69) is 50.7 Å². The molecular weight excluding hydrogens is 370 g/mol. The molecule has 0 aliphatic heterocycles. The number of aromatic nitrogens is 4. The van der Waals surface area contributed by atoms with Gasteiger partial charge < -0.3 is 5.32 Å². The van der Waals surface area contributed by atoms with Crippen molar-refractivity contribution in [1.29, 1.82) is 0 Å². The number of amides is 1. The molecule has 2 aromatic heterocycles. The number of nitrogens with one attached hydrogen (secondary N) is 1. The second-order valence-corrected chi connectivity index (χ2v) is 7.77. The Kier molecular flexibility index (Phi) is 5.00. The SMILES string of the molecule is Cc1cc(C)n2nc(SCC(=O)N[C@H](C)c3ccc4ccccc4c3)nc2n1. The lowest BCUT2D eigenvalue weighted by Gasteiger charge is -2.14. The minimum atomic E-state index is -0.0710. The van der Waals surface area contributed by atoms with Crippen LogP contribution in [-0.2, 0) is 4.79 Å². The number of benzene rings is 2. The van der Waals surface area contributed by atoms with Crippen LogP contribution in [0.25, 0.3) is 16.6 Å². The Morgan fingerprint density at radius 3 is 2.71 bits per heavy atom. The molecule has 0 fully saturated rings. The first-order valence-electron chi connectivity index (χ1n) is 9.11. The topological polar surface area (TPSA) is 72.2 Å². The van der Waals surface area contributed by atoms with Crippen molar-refractivity contribution >= 4 is 34.2 Å². The molecule has 1 amide bonds. The van der Waals surface area contributed by atoms with Gasteiger partial charge in [0.1, 0.15) is 0 Å². The Hall–Kier alpha value is -2.93. The molecule has 6 nitrogen and oxygen atoms in total. The molecule has 0 spiro atoms. The van der Waals surface area contributed by atoms with E-state index in [1.807, 2.05) is 39.0 Å². The molecule has 0 aliphatic carbocycles. The highest BCUT2D eigenvalue weighted by Crippen LogP contribution is 2.21. The first-order chi connectivity index (χ1) is 13.5. The fourth-order valence-electron chi connectivity index (χ4n) is 3.18. The van der Waals surface area contributed by atoms with Gasteiger partial charge in [-0.05, 0) is 49.2 Å². The number of carbonyl (C=O) groups is 1. The summed E-state index contributed by atoms with van der Waals surface area (Å²) in [5.41, 5.74) is 2.95. The van der Waals surface area contributed by atoms with E-state index in [0.29, 0.717) is 10.9 Å². The van der Waals surface area contributed by atoms with Gasteiger partial charge in [-0.2, -0.15) is 4.98 Å². The highest BCUT2D eigenvalue weighted by molar-refractivity contribution is 7.99. The Balaban J connectivity index is 1.40. The van der Waals surface area contributed by atoms with Crippen molar-refractivity contribution in [3.63, 3.8) is 0 Å². The summed E-state index contributed by atoms with van der Waals surface area (Å²) < 4.78 is 1.70. The number of hydrogen-bond donors (Lipinski definition) is 1. The van der Waals surface area contributed by atoms with E-state index in [1.54, 1.807) is 4.52 Å². The van der Waals surface area contributed by atoms with Crippen LogP contribution in [0.5, 0.6) is 0 Å². The quantitative estimate of drug-likeness (QED) is 0.523. The number of nitrogens with zero attached hydrogens (tertiary/aromatic N) is 4. The maximum Gasteiger partial charge on any atom is 0.253 e. The molecule has 4 aromatic rings. The van der Waals surface area contributed by atoms with Crippen molar-refractivity contribution in [1.82, 2.24) is 24.9 Å². The summed E-state index contributed by atoms with van der Waals surface area (Å²) in [5, 5.41) is 10.4. The van der Waals surface area contributed by atoms with Gasteiger partial charge in [-0.25, -0.2) is 9.50 Å². The van der Waals surface area contributed by atoms with Gasteiger partial charge in [0.25, 0.3) is 5.78 Å². The standard InChI is InChI=1S/C21H21N5OS/c1-13-10-14(2)26-20(22-13)24-21(25-26)28-12-19(27)23-15(3)17-9-8-16-6-4-5-7-18(16)11-17/h4-11,15H,12H2,1-3H3,(H,23,27)/t15-/m1/s1. The number of fused-ring (bicyclic) bond motifs is 2. The highest BCUT2D eigenvalue weighted by atomic mass is 32.2. The van der Waals surface area contributed by atoms with Crippen LogP contribution in [0.15, 0.2) is 53.7 Å². The van der Waals surface area contributed by atoms with E-state index in [-0.39, 0.29) is 17.7 Å². The molecule has 142 valence electrons. The van der Waals surface area contributed by atoms with Crippen LogP contribution in [0, 0.1) is 13.8 Å². The molecule has 1 atom stereocenters. The van der Waals surface area contributed by atoms with E-state index in [0.717, 1.165) is 17.0 Å². The van der Waals surface area contributed by atoms with Crippen molar-refractivity contribution in [2.24, 2.45) is 0 Å². The predicted octanol–water partition coefficient (Wildman–Crippen LogP) is 3.86. The van der Waals surface area contributed by atoms with Gasteiger partial charge in [-0.3, -0.25) is 4.79 Å². The van der Waals surface area contributed by atoms with Gasteiger partial charge in [-0.1, -0.05) is 48.2 Å². The average molecular weight is 392 g/mol. The van der Waals surface area contributed by atoms with Crippen LogP contribution in [-0.4, -0.2) is 31.2 Å². The second kappa shape index (κ2) is 7.59. The average Bonchev–Trinajstić information content (AvgIpc) is 3.09. The Bertz CT molecular complexity index is 1170. The smallest absolute Gasteiger partial charge is 0.253 e. The Morgan fingerprint density at radius 1 is 1.11 bits per heavy atom. The minimum Gasteiger partial charge on any atom is -0.349 e. The third-order valence-corrected chi connectivity index (χ3v) is 5.42. The normalized spacial score (nSPS) is 12.4. The summed E-state index contributed by atoms with van der Waals surface area (Å²) >= 11 is 1.31. The number of hydrogen-bond acceptors (Lipinski definition) is 5. The zero-order valence-corrected chi connectivity index (χ0v) is 16.8. The molecular formula is C21H21N5OS.